The molecule has 9 nitrogen and oxygen atoms in total. The number of hydrogen-bond acceptors (Lipinski definition) is 6. The molecule has 1 heterocycles. The van der Waals surface area contributed by atoms with Gasteiger partial charge in [0, 0.05) is 38.5 Å². The molecule has 1 atom stereocenters. The second-order valence-electron chi connectivity index (χ2n) is 9.98. The molecule has 0 saturated carbocycles. The first-order chi connectivity index (χ1) is 19.8. The summed E-state index contributed by atoms with van der Waals surface area (Å²) in [7, 11) is -3.63. The normalized spacial score (nSPS) is 12.9. The van der Waals surface area contributed by atoms with E-state index in [0.717, 1.165) is 23.8 Å². The molecule has 218 valence electrons. The van der Waals surface area contributed by atoms with Crippen LogP contribution < -0.4 is 19.1 Å². The molecule has 1 unspecified atom stereocenters. The van der Waals surface area contributed by atoms with E-state index in [1.807, 2.05) is 67.6 Å². The summed E-state index contributed by atoms with van der Waals surface area (Å²) in [5, 5.41) is 2.97. The molecule has 1 N–H and O–H groups in total. The number of hydrogen-bond donors (Lipinski definition) is 1. The van der Waals surface area contributed by atoms with Crippen molar-refractivity contribution in [3.05, 3.63) is 90.0 Å². The third-order valence-corrected chi connectivity index (χ3v) is 8.01. The van der Waals surface area contributed by atoms with Crippen LogP contribution in [0, 0.1) is 0 Å². The molecular weight excluding hydrogens is 542 g/mol. The highest BCUT2D eigenvalue weighted by molar-refractivity contribution is 7.92. The van der Waals surface area contributed by atoms with E-state index < -0.39 is 16.1 Å². The number of nitrogens with zero attached hydrogens (tertiary/aromatic N) is 2. The maximum Gasteiger partial charge on any atom is 0.243 e. The van der Waals surface area contributed by atoms with Gasteiger partial charge in [-0.25, -0.2) is 8.42 Å². The first-order valence-electron chi connectivity index (χ1n) is 13.8. The number of ether oxygens (including phenoxy) is 2. The van der Waals surface area contributed by atoms with E-state index in [0.29, 0.717) is 30.2 Å². The molecule has 0 aromatic heterocycles. The van der Waals surface area contributed by atoms with E-state index in [-0.39, 0.29) is 44.5 Å². The summed E-state index contributed by atoms with van der Waals surface area (Å²) in [6, 6.07) is 23.4. The summed E-state index contributed by atoms with van der Waals surface area (Å²) in [4.78, 5) is 28.9. The third-order valence-electron chi connectivity index (χ3n) is 6.81. The highest BCUT2D eigenvalue weighted by Crippen LogP contribution is 2.36. The topological polar surface area (TPSA) is 105 Å². The molecule has 4 rings (SSSR count). The van der Waals surface area contributed by atoms with Gasteiger partial charge in [-0.2, -0.15) is 0 Å². The predicted octanol–water partition coefficient (Wildman–Crippen LogP) is 4.13. The SMILES string of the molecule is CCCNC(=O)C(Cc1ccccc1)N(Cc1ccccc1)C(=O)CCCN(c1ccc2c(c1)OCO2)S(C)(=O)=O. The van der Waals surface area contributed by atoms with Crippen LogP contribution in [0.25, 0.3) is 0 Å². The van der Waals surface area contributed by atoms with E-state index in [4.69, 9.17) is 9.47 Å². The fourth-order valence-corrected chi connectivity index (χ4v) is 5.70. The van der Waals surface area contributed by atoms with Gasteiger partial charge in [-0.1, -0.05) is 67.6 Å². The first-order valence-corrected chi connectivity index (χ1v) is 15.6. The Morgan fingerprint density at radius 3 is 2.24 bits per heavy atom. The molecule has 10 heteroatoms. The Labute approximate surface area is 242 Å². The Morgan fingerprint density at radius 2 is 1.59 bits per heavy atom. The highest BCUT2D eigenvalue weighted by Gasteiger charge is 2.30. The van der Waals surface area contributed by atoms with Crippen molar-refractivity contribution in [3.63, 3.8) is 0 Å². The van der Waals surface area contributed by atoms with E-state index in [1.54, 1.807) is 23.1 Å². The Balaban J connectivity index is 1.54. The van der Waals surface area contributed by atoms with Crippen molar-refractivity contribution in [2.45, 2.75) is 45.2 Å². The van der Waals surface area contributed by atoms with Crippen LogP contribution in [0.2, 0.25) is 0 Å². The van der Waals surface area contributed by atoms with Gasteiger partial charge in [0.25, 0.3) is 0 Å². The molecular formula is C31H37N3O6S. The van der Waals surface area contributed by atoms with Crippen LogP contribution in [0.4, 0.5) is 5.69 Å². The third kappa shape index (κ3) is 8.23. The molecule has 1 aliphatic heterocycles. The van der Waals surface area contributed by atoms with Gasteiger partial charge in [0.1, 0.15) is 6.04 Å². The van der Waals surface area contributed by atoms with Gasteiger partial charge in [0.2, 0.25) is 28.6 Å². The summed E-state index contributed by atoms with van der Waals surface area (Å²) in [6.07, 6.45) is 2.60. The van der Waals surface area contributed by atoms with Crippen LogP contribution in [0.1, 0.15) is 37.3 Å². The lowest BCUT2D eigenvalue weighted by molar-refractivity contribution is -0.141. The maximum atomic E-state index is 13.8. The van der Waals surface area contributed by atoms with Gasteiger partial charge in [-0.05, 0) is 36.1 Å². The van der Waals surface area contributed by atoms with E-state index in [1.165, 1.54) is 4.31 Å². The minimum Gasteiger partial charge on any atom is -0.454 e. The van der Waals surface area contributed by atoms with Crippen LogP contribution in [0.5, 0.6) is 11.5 Å². The quantitative estimate of drug-likeness (QED) is 0.308. The summed E-state index contributed by atoms with van der Waals surface area (Å²) in [5.74, 6) is 0.599. The Hall–Kier alpha value is -4.05. The molecule has 0 fully saturated rings. The standard InChI is InChI=1S/C31H37N3O6S/c1-3-18-32-31(36)27(20-24-11-6-4-7-12-24)33(22-25-13-8-5-9-14-25)30(35)15-10-19-34(41(2,37)38)26-16-17-28-29(21-26)40-23-39-28/h4-9,11-14,16-17,21,27H,3,10,15,18-20,22-23H2,1-2H3,(H,32,36). The molecule has 1 aliphatic rings. The second kappa shape index (κ2) is 14.0. The van der Waals surface area contributed by atoms with Gasteiger partial charge < -0.3 is 19.7 Å². The van der Waals surface area contributed by atoms with Crippen molar-refractivity contribution in [1.82, 2.24) is 10.2 Å². The zero-order valence-corrected chi connectivity index (χ0v) is 24.3. The average Bonchev–Trinajstić information content (AvgIpc) is 3.44. The van der Waals surface area contributed by atoms with Crippen molar-refractivity contribution < 1.29 is 27.5 Å². The number of sulfonamides is 1. The summed E-state index contributed by atoms with van der Waals surface area (Å²) >= 11 is 0. The number of rotatable bonds is 14. The van der Waals surface area contributed by atoms with Crippen LogP contribution in [0.3, 0.4) is 0 Å². The van der Waals surface area contributed by atoms with Crippen molar-refractivity contribution in [2.75, 3.05) is 30.4 Å². The zero-order valence-electron chi connectivity index (χ0n) is 23.5. The molecule has 0 bridgehead atoms. The van der Waals surface area contributed by atoms with E-state index in [2.05, 4.69) is 5.32 Å². The number of carbonyl (C=O) groups excluding carboxylic acids is 2. The number of carbonyl (C=O) groups is 2. The van der Waals surface area contributed by atoms with Crippen molar-refractivity contribution >= 4 is 27.5 Å². The van der Waals surface area contributed by atoms with Gasteiger partial charge in [0.15, 0.2) is 11.5 Å². The molecule has 0 radical (unpaired) electrons. The molecule has 2 amide bonds. The summed E-state index contributed by atoms with van der Waals surface area (Å²) < 4.78 is 37.4. The number of benzene rings is 3. The van der Waals surface area contributed by atoms with Gasteiger partial charge in [-0.3, -0.25) is 13.9 Å². The minimum absolute atomic E-state index is 0.0652. The lowest BCUT2D eigenvalue weighted by atomic mass is 10.0. The van der Waals surface area contributed by atoms with E-state index >= 15 is 0 Å². The molecule has 3 aromatic rings. The molecule has 0 saturated heterocycles. The predicted molar refractivity (Wildman–Crippen MR) is 158 cm³/mol. The minimum atomic E-state index is -3.63. The molecule has 41 heavy (non-hydrogen) atoms. The molecule has 0 aliphatic carbocycles. The average molecular weight is 580 g/mol. The largest absolute Gasteiger partial charge is 0.454 e. The van der Waals surface area contributed by atoms with Gasteiger partial charge in [0.05, 0.1) is 11.9 Å². The molecule has 0 spiro atoms. The van der Waals surface area contributed by atoms with Gasteiger partial charge in [-0.15, -0.1) is 0 Å². The van der Waals surface area contributed by atoms with Crippen molar-refractivity contribution in [1.29, 1.82) is 0 Å². The lowest BCUT2D eigenvalue weighted by Crippen LogP contribution is -2.50. The van der Waals surface area contributed by atoms with Crippen LogP contribution >= 0.6 is 0 Å². The zero-order chi connectivity index (χ0) is 29.2. The monoisotopic (exact) mass is 579 g/mol. The van der Waals surface area contributed by atoms with Gasteiger partial charge >= 0.3 is 0 Å². The van der Waals surface area contributed by atoms with Crippen LogP contribution in [-0.4, -0.2) is 57.3 Å². The van der Waals surface area contributed by atoms with E-state index in [9.17, 15) is 18.0 Å². The fourth-order valence-electron chi connectivity index (χ4n) is 4.74. The summed E-state index contributed by atoms with van der Waals surface area (Å²) in [6.45, 7) is 2.92. The number of anilines is 1. The lowest BCUT2D eigenvalue weighted by Gasteiger charge is -2.32. The van der Waals surface area contributed by atoms with Crippen LogP contribution in [-0.2, 0) is 32.6 Å². The van der Waals surface area contributed by atoms with Crippen molar-refractivity contribution in [2.24, 2.45) is 0 Å². The number of nitrogens with one attached hydrogen (secondary N) is 1. The second-order valence-corrected chi connectivity index (χ2v) is 11.9. The van der Waals surface area contributed by atoms with Crippen LogP contribution in [0.15, 0.2) is 78.9 Å². The number of fused-ring (bicyclic) bond motifs is 1. The Kier molecular flexibility index (Phi) is 10.2. The maximum absolute atomic E-state index is 13.8. The Morgan fingerprint density at radius 1 is 0.927 bits per heavy atom. The Bertz CT molecular complexity index is 1420. The van der Waals surface area contributed by atoms with Crippen molar-refractivity contribution in [3.8, 4) is 11.5 Å². The highest BCUT2D eigenvalue weighted by atomic mass is 32.2. The summed E-state index contributed by atoms with van der Waals surface area (Å²) in [5.41, 5.74) is 2.28. The molecule has 3 aromatic carbocycles. The smallest absolute Gasteiger partial charge is 0.243 e. The first kappa shape index (κ1) is 29.9. The fraction of sp³-hybridized carbons (Fsp3) is 0.355. The number of amides is 2.